The number of fused-ring (bicyclic) bond motifs is 1. The highest BCUT2D eigenvalue weighted by atomic mass is 16.5. The lowest BCUT2D eigenvalue weighted by molar-refractivity contribution is -0.129. The van der Waals surface area contributed by atoms with E-state index in [4.69, 9.17) is 4.74 Å². The summed E-state index contributed by atoms with van der Waals surface area (Å²) in [6.07, 6.45) is 1.07. The number of ether oxygens (including phenoxy) is 1. The lowest BCUT2D eigenvalue weighted by Crippen LogP contribution is -2.37. The summed E-state index contributed by atoms with van der Waals surface area (Å²) in [5.41, 5.74) is 1.60. The lowest BCUT2D eigenvalue weighted by Gasteiger charge is -2.11. The summed E-state index contributed by atoms with van der Waals surface area (Å²) in [5, 5.41) is 6.85. The number of carbonyl (C=O) groups excluding carboxylic acids is 2. The molecule has 1 saturated carbocycles. The van der Waals surface area contributed by atoms with E-state index in [1.54, 1.807) is 0 Å². The van der Waals surface area contributed by atoms with E-state index in [2.05, 4.69) is 20.4 Å². The second-order valence-corrected chi connectivity index (χ2v) is 5.52. The molecule has 22 heavy (non-hydrogen) atoms. The number of nitrogens with one attached hydrogen (secondary N) is 1. The highest BCUT2D eigenvalue weighted by Crippen LogP contribution is 2.18. The van der Waals surface area contributed by atoms with E-state index in [1.807, 2.05) is 19.9 Å². The zero-order valence-corrected chi connectivity index (χ0v) is 12.7. The van der Waals surface area contributed by atoms with Crippen LogP contribution in [-0.2, 0) is 9.53 Å². The van der Waals surface area contributed by atoms with Gasteiger partial charge in [0.1, 0.15) is 0 Å². The molecule has 3 rings (SSSR count). The Bertz CT molecular complexity index is 750. The van der Waals surface area contributed by atoms with Crippen LogP contribution in [0.1, 0.15) is 41.8 Å². The number of aryl methyl sites for hydroxylation is 2. The average Bonchev–Trinajstić information content (AvgIpc) is 3.14. The van der Waals surface area contributed by atoms with Crippen LogP contribution in [0, 0.1) is 13.8 Å². The Balaban J connectivity index is 1.74. The summed E-state index contributed by atoms with van der Waals surface area (Å²) in [7, 11) is 0. The van der Waals surface area contributed by atoms with Gasteiger partial charge in [0.25, 0.3) is 17.5 Å². The van der Waals surface area contributed by atoms with Crippen LogP contribution in [0.3, 0.4) is 0 Å². The first kappa shape index (κ1) is 14.4. The van der Waals surface area contributed by atoms with Crippen LogP contribution in [0.4, 0.5) is 0 Å². The third-order valence-corrected chi connectivity index (χ3v) is 3.38. The van der Waals surface area contributed by atoms with E-state index in [0.29, 0.717) is 5.78 Å². The molecule has 0 aliphatic heterocycles. The number of nitrogens with zero attached hydrogens (tertiary/aromatic N) is 4. The predicted molar refractivity (Wildman–Crippen MR) is 76.3 cm³/mol. The van der Waals surface area contributed by atoms with Crippen molar-refractivity contribution < 1.29 is 14.3 Å². The number of hydrogen-bond acceptors (Lipinski definition) is 6. The van der Waals surface area contributed by atoms with Gasteiger partial charge in [0.05, 0.1) is 0 Å². The van der Waals surface area contributed by atoms with Crippen LogP contribution < -0.4 is 5.32 Å². The molecular weight excluding hydrogens is 286 g/mol. The Morgan fingerprint density at radius 2 is 2.09 bits per heavy atom. The van der Waals surface area contributed by atoms with E-state index in [1.165, 1.54) is 11.4 Å². The number of aromatic nitrogens is 4. The maximum Gasteiger partial charge on any atom is 0.379 e. The molecule has 1 N–H and O–H groups in total. The van der Waals surface area contributed by atoms with E-state index in [9.17, 15) is 9.59 Å². The van der Waals surface area contributed by atoms with Gasteiger partial charge in [0, 0.05) is 17.4 Å². The second kappa shape index (κ2) is 5.36. The molecule has 1 aliphatic carbocycles. The fourth-order valence-corrected chi connectivity index (χ4v) is 2.07. The van der Waals surface area contributed by atoms with Crippen LogP contribution in [0.15, 0.2) is 6.07 Å². The van der Waals surface area contributed by atoms with Gasteiger partial charge in [-0.05, 0) is 39.7 Å². The highest BCUT2D eigenvalue weighted by Gasteiger charge is 2.28. The number of amides is 1. The first-order chi connectivity index (χ1) is 10.4. The maximum atomic E-state index is 12.1. The molecule has 1 amide bonds. The second-order valence-electron chi connectivity index (χ2n) is 5.52. The minimum absolute atomic E-state index is 0.104. The third-order valence-electron chi connectivity index (χ3n) is 3.38. The van der Waals surface area contributed by atoms with Gasteiger partial charge in [-0.1, -0.05) is 0 Å². The molecule has 0 spiro atoms. The average molecular weight is 303 g/mol. The van der Waals surface area contributed by atoms with Crippen LogP contribution in [0.5, 0.6) is 0 Å². The molecule has 0 bridgehead atoms. The maximum absolute atomic E-state index is 12.1. The molecule has 1 aliphatic rings. The Morgan fingerprint density at radius 3 is 2.77 bits per heavy atom. The van der Waals surface area contributed by atoms with Crippen LogP contribution in [0.2, 0.25) is 0 Å². The van der Waals surface area contributed by atoms with Crippen molar-refractivity contribution in [3.8, 4) is 0 Å². The van der Waals surface area contributed by atoms with Crippen molar-refractivity contribution in [3.05, 3.63) is 23.3 Å². The monoisotopic (exact) mass is 303 g/mol. The van der Waals surface area contributed by atoms with Gasteiger partial charge in [-0.25, -0.2) is 14.3 Å². The van der Waals surface area contributed by atoms with Crippen molar-refractivity contribution in [1.82, 2.24) is 24.9 Å². The summed E-state index contributed by atoms with van der Waals surface area (Å²) in [5.74, 6) is -0.808. The molecule has 0 aromatic carbocycles. The molecule has 1 atom stereocenters. The Kier molecular flexibility index (Phi) is 3.51. The Hall–Kier alpha value is -2.51. The van der Waals surface area contributed by atoms with Gasteiger partial charge in [-0.3, -0.25) is 4.79 Å². The molecule has 0 radical (unpaired) electrons. The molecule has 0 unspecified atom stereocenters. The lowest BCUT2D eigenvalue weighted by atomic mass is 10.3. The first-order valence-electron chi connectivity index (χ1n) is 7.16. The predicted octanol–water partition coefficient (Wildman–Crippen LogP) is 0.565. The van der Waals surface area contributed by atoms with Crippen molar-refractivity contribution in [2.24, 2.45) is 0 Å². The first-order valence-corrected chi connectivity index (χ1v) is 7.16. The van der Waals surface area contributed by atoms with Crippen LogP contribution in [0.25, 0.3) is 5.78 Å². The van der Waals surface area contributed by atoms with Crippen molar-refractivity contribution >= 4 is 17.7 Å². The van der Waals surface area contributed by atoms with Crippen molar-refractivity contribution in [1.29, 1.82) is 0 Å². The van der Waals surface area contributed by atoms with Crippen molar-refractivity contribution in [2.75, 3.05) is 0 Å². The molecule has 2 heterocycles. The van der Waals surface area contributed by atoms with Crippen LogP contribution >= 0.6 is 0 Å². The molecule has 8 nitrogen and oxygen atoms in total. The van der Waals surface area contributed by atoms with E-state index in [-0.39, 0.29) is 17.8 Å². The summed E-state index contributed by atoms with van der Waals surface area (Å²) in [6.45, 7) is 5.21. The summed E-state index contributed by atoms with van der Waals surface area (Å²) >= 11 is 0. The standard InChI is InChI=1S/C14H17N5O3/c1-7-6-8(2)19-14(15-7)17-11(18-19)13(21)22-9(3)12(20)16-10-4-5-10/h6,9-10H,4-5H2,1-3H3,(H,16,20)/t9-/m1/s1. The van der Waals surface area contributed by atoms with E-state index < -0.39 is 12.1 Å². The molecule has 116 valence electrons. The number of carbonyl (C=O) groups is 2. The fourth-order valence-electron chi connectivity index (χ4n) is 2.07. The third kappa shape index (κ3) is 2.90. The van der Waals surface area contributed by atoms with Gasteiger partial charge < -0.3 is 10.1 Å². The number of hydrogen-bond donors (Lipinski definition) is 1. The van der Waals surface area contributed by atoms with Crippen molar-refractivity contribution in [2.45, 2.75) is 45.8 Å². The molecule has 2 aromatic rings. The highest BCUT2D eigenvalue weighted by molar-refractivity contribution is 5.89. The summed E-state index contributed by atoms with van der Waals surface area (Å²) in [6, 6.07) is 2.06. The van der Waals surface area contributed by atoms with Gasteiger partial charge in [0.15, 0.2) is 6.10 Å². The zero-order valence-electron chi connectivity index (χ0n) is 12.7. The Labute approximate surface area is 126 Å². The minimum Gasteiger partial charge on any atom is -0.447 e. The SMILES string of the molecule is Cc1cc(C)n2nc(C(=O)O[C@H](C)C(=O)NC3CC3)nc2n1. The van der Waals surface area contributed by atoms with Crippen LogP contribution in [-0.4, -0.2) is 43.6 Å². The molecule has 0 saturated heterocycles. The Morgan fingerprint density at radius 1 is 1.36 bits per heavy atom. The number of rotatable bonds is 4. The van der Waals surface area contributed by atoms with Crippen molar-refractivity contribution in [3.63, 3.8) is 0 Å². The smallest absolute Gasteiger partial charge is 0.379 e. The zero-order chi connectivity index (χ0) is 15.9. The molecular formula is C14H17N5O3. The summed E-state index contributed by atoms with van der Waals surface area (Å²) < 4.78 is 6.58. The van der Waals surface area contributed by atoms with Gasteiger partial charge in [-0.15, -0.1) is 5.10 Å². The fraction of sp³-hybridized carbons (Fsp3) is 0.500. The normalized spacial score (nSPS) is 15.6. The molecule has 1 fully saturated rings. The largest absolute Gasteiger partial charge is 0.447 e. The van der Waals surface area contributed by atoms with Gasteiger partial charge >= 0.3 is 5.97 Å². The van der Waals surface area contributed by atoms with Gasteiger partial charge in [0.2, 0.25) is 0 Å². The minimum atomic E-state index is -0.879. The van der Waals surface area contributed by atoms with E-state index in [0.717, 1.165) is 24.2 Å². The van der Waals surface area contributed by atoms with E-state index >= 15 is 0 Å². The topological polar surface area (TPSA) is 98.5 Å². The number of esters is 1. The molecule has 8 heteroatoms. The quantitative estimate of drug-likeness (QED) is 0.829. The van der Waals surface area contributed by atoms with Gasteiger partial charge in [-0.2, -0.15) is 4.98 Å². The summed E-state index contributed by atoms with van der Waals surface area (Å²) in [4.78, 5) is 32.1. The molecule has 2 aromatic heterocycles.